The van der Waals surface area contributed by atoms with Gasteiger partial charge >= 0.3 is 0 Å². The monoisotopic (exact) mass is 296 g/mol. The van der Waals surface area contributed by atoms with Crippen molar-refractivity contribution in [1.29, 1.82) is 0 Å². The number of hydrogen-bond acceptors (Lipinski definition) is 0. The summed E-state index contributed by atoms with van der Waals surface area (Å²) in [6, 6.07) is 10.5. The van der Waals surface area contributed by atoms with E-state index >= 15 is 0 Å². The van der Waals surface area contributed by atoms with Crippen LogP contribution in [0.3, 0.4) is 0 Å². The lowest BCUT2D eigenvalue weighted by atomic mass is 9.98. The molecule has 0 bridgehead atoms. The van der Waals surface area contributed by atoms with Gasteiger partial charge in [0.1, 0.15) is 5.82 Å². The summed E-state index contributed by atoms with van der Waals surface area (Å²) in [4.78, 5) is 0. The summed E-state index contributed by atoms with van der Waals surface area (Å²) in [6.45, 7) is 3.94. The van der Waals surface area contributed by atoms with Gasteiger partial charge in [0.2, 0.25) is 0 Å². The van der Waals surface area contributed by atoms with E-state index in [9.17, 15) is 4.39 Å². The predicted octanol–water partition coefficient (Wildman–Crippen LogP) is 5.62. The number of aryl methyl sites for hydroxylation is 2. The molecule has 0 fully saturated rings. The Hall–Kier alpha value is -1.05. The summed E-state index contributed by atoms with van der Waals surface area (Å²) in [5, 5.41) is 0.564. The van der Waals surface area contributed by atoms with Crippen LogP contribution in [0.4, 0.5) is 4.39 Å². The maximum atomic E-state index is 13.2. The fourth-order valence-electron chi connectivity index (χ4n) is 2.12. The van der Waals surface area contributed by atoms with Crippen molar-refractivity contribution in [1.82, 2.24) is 0 Å². The molecule has 0 spiro atoms. The summed E-state index contributed by atoms with van der Waals surface area (Å²) < 4.78 is 13.2. The summed E-state index contributed by atoms with van der Waals surface area (Å²) >= 11 is 12.5. The van der Waals surface area contributed by atoms with E-state index in [0.29, 0.717) is 6.42 Å². The average molecular weight is 297 g/mol. The molecule has 0 aromatic heterocycles. The van der Waals surface area contributed by atoms with E-state index < -0.39 is 0 Å². The van der Waals surface area contributed by atoms with Crippen molar-refractivity contribution in [3.05, 3.63) is 69.5 Å². The van der Waals surface area contributed by atoms with Crippen molar-refractivity contribution >= 4 is 23.2 Å². The van der Waals surface area contributed by atoms with Gasteiger partial charge < -0.3 is 0 Å². The van der Waals surface area contributed by atoms with Crippen LogP contribution in [0, 0.1) is 19.7 Å². The van der Waals surface area contributed by atoms with Crippen LogP contribution >= 0.6 is 23.2 Å². The molecule has 2 aromatic rings. The number of halogens is 3. The molecule has 0 saturated carbocycles. The van der Waals surface area contributed by atoms with Gasteiger partial charge in [-0.05, 0) is 60.7 Å². The Kier molecular flexibility index (Phi) is 4.49. The zero-order valence-corrected chi connectivity index (χ0v) is 12.4. The molecule has 0 N–H and O–H groups in total. The Labute approximate surface area is 123 Å². The number of benzene rings is 2. The summed E-state index contributed by atoms with van der Waals surface area (Å²) in [5.74, 6) is -0.231. The highest BCUT2D eigenvalue weighted by atomic mass is 35.5. The normalized spacial score (nSPS) is 12.5. The molecule has 0 aliphatic heterocycles. The lowest BCUT2D eigenvalue weighted by Gasteiger charge is -2.15. The molecule has 0 amide bonds. The van der Waals surface area contributed by atoms with Gasteiger partial charge in [-0.15, -0.1) is 11.6 Å². The van der Waals surface area contributed by atoms with E-state index in [4.69, 9.17) is 23.2 Å². The quantitative estimate of drug-likeness (QED) is 0.645. The number of hydrogen-bond donors (Lipinski definition) is 0. The van der Waals surface area contributed by atoms with Crippen molar-refractivity contribution in [3.63, 3.8) is 0 Å². The van der Waals surface area contributed by atoms with Gasteiger partial charge in [0.15, 0.2) is 0 Å². The molecule has 0 aliphatic rings. The standard InChI is InChI=1S/C16H15Cl2F/c1-10-7-15(17)11(2)6-14(10)16(18)9-12-4-3-5-13(19)8-12/h3-8,16H,9H2,1-2H3. The summed E-state index contributed by atoms with van der Waals surface area (Å²) in [6.07, 6.45) is 0.598. The highest BCUT2D eigenvalue weighted by Crippen LogP contribution is 2.31. The maximum Gasteiger partial charge on any atom is 0.123 e. The van der Waals surface area contributed by atoms with E-state index in [-0.39, 0.29) is 11.2 Å². The second-order valence-electron chi connectivity index (χ2n) is 4.76. The largest absolute Gasteiger partial charge is 0.207 e. The van der Waals surface area contributed by atoms with Crippen molar-refractivity contribution in [2.45, 2.75) is 25.6 Å². The average Bonchev–Trinajstić information content (AvgIpc) is 2.33. The van der Waals surface area contributed by atoms with Gasteiger partial charge in [-0.2, -0.15) is 0 Å². The Balaban J connectivity index is 2.25. The Morgan fingerprint density at radius 3 is 2.53 bits per heavy atom. The molecular formula is C16H15Cl2F. The third-order valence-corrected chi connectivity index (χ3v) is 3.99. The van der Waals surface area contributed by atoms with Gasteiger partial charge in [0, 0.05) is 5.02 Å². The highest BCUT2D eigenvalue weighted by Gasteiger charge is 2.13. The first-order valence-corrected chi connectivity index (χ1v) is 6.94. The van der Waals surface area contributed by atoms with E-state index in [1.54, 1.807) is 6.07 Å². The molecule has 0 radical (unpaired) electrons. The second-order valence-corrected chi connectivity index (χ2v) is 5.69. The van der Waals surface area contributed by atoms with Crippen molar-refractivity contribution in [2.75, 3.05) is 0 Å². The van der Waals surface area contributed by atoms with E-state index in [0.717, 1.165) is 27.3 Å². The third kappa shape index (κ3) is 3.49. The first-order valence-electron chi connectivity index (χ1n) is 6.12. The van der Waals surface area contributed by atoms with E-state index in [1.807, 2.05) is 32.0 Å². The van der Waals surface area contributed by atoms with Gasteiger partial charge in [0.25, 0.3) is 0 Å². The summed E-state index contributed by atoms with van der Waals surface area (Å²) in [7, 11) is 0. The van der Waals surface area contributed by atoms with Gasteiger partial charge in [-0.1, -0.05) is 29.8 Å². The third-order valence-electron chi connectivity index (χ3n) is 3.19. The Bertz CT molecular complexity index is 593. The molecule has 2 aromatic carbocycles. The number of alkyl halides is 1. The molecule has 2 rings (SSSR count). The SMILES string of the molecule is Cc1cc(C(Cl)Cc2cccc(F)c2)c(C)cc1Cl. The van der Waals surface area contributed by atoms with Crippen molar-refractivity contribution < 1.29 is 4.39 Å². The van der Waals surface area contributed by atoms with Crippen LogP contribution in [0.15, 0.2) is 36.4 Å². The molecule has 1 atom stereocenters. The molecular weight excluding hydrogens is 282 g/mol. The number of rotatable bonds is 3. The van der Waals surface area contributed by atoms with Crippen molar-refractivity contribution in [2.24, 2.45) is 0 Å². The minimum absolute atomic E-state index is 0.183. The molecule has 0 nitrogen and oxygen atoms in total. The van der Waals surface area contributed by atoms with Crippen LogP contribution in [0.25, 0.3) is 0 Å². The lowest BCUT2D eigenvalue weighted by molar-refractivity contribution is 0.625. The minimum Gasteiger partial charge on any atom is -0.207 e. The minimum atomic E-state index is -0.231. The van der Waals surface area contributed by atoms with Crippen molar-refractivity contribution in [3.8, 4) is 0 Å². The van der Waals surface area contributed by atoms with Gasteiger partial charge in [-0.25, -0.2) is 4.39 Å². The smallest absolute Gasteiger partial charge is 0.123 e. The Morgan fingerprint density at radius 1 is 1.11 bits per heavy atom. The molecule has 0 saturated heterocycles. The van der Waals surface area contributed by atoms with Gasteiger partial charge in [-0.3, -0.25) is 0 Å². The second kappa shape index (κ2) is 5.94. The lowest BCUT2D eigenvalue weighted by Crippen LogP contribution is -2.00. The fourth-order valence-corrected chi connectivity index (χ4v) is 2.75. The summed E-state index contributed by atoms with van der Waals surface area (Å²) in [5.41, 5.74) is 4.01. The molecule has 1 unspecified atom stereocenters. The van der Waals surface area contributed by atoms with Crippen LogP contribution < -0.4 is 0 Å². The van der Waals surface area contributed by atoms with Crippen LogP contribution in [0.1, 0.15) is 27.6 Å². The van der Waals surface area contributed by atoms with Crippen LogP contribution in [-0.2, 0) is 6.42 Å². The molecule has 3 heteroatoms. The topological polar surface area (TPSA) is 0 Å². The zero-order chi connectivity index (χ0) is 14.0. The highest BCUT2D eigenvalue weighted by molar-refractivity contribution is 6.31. The fraction of sp³-hybridized carbons (Fsp3) is 0.250. The molecule has 0 aliphatic carbocycles. The maximum absolute atomic E-state index is 13.2. The first kappa shape index (κ1) is 14.4. The predicted molar refractivity (Wildman–Crippen MR) is 79.6 cm³/mol. The van der Waals surface area contributed by atoms with E-state index in [2.05, 4.69) is 0 Å². The van der Waals surface area contributed by atoms with Crippen LogP contribution in [0.2, 0.25) is 5.02 Å². The van der Waals surface area contributed by atoms with Gasteiger partial charge in [0.05, 0.1) is 5.38 Å². The molecule has 100 valence electrons. The first-order chi connectivity index (χ1) is 8.97. The van der Waals surface area contributed by atoms with Crippen LogP contribution in [-0.4, -0.2) is 0 Å². The molecule has 0 heterocycles. The van der Waals surface area contributed by atoms with Crippen LogP contribution in [0.5, 0.6) is 0 Å². The molecule has 19 heavy (non-hydrogen) atoms. The van der Waals surface area contributed by atoms with E-state index in [1.165, 1.54) is 12.1 Å². The zero-order valence-electron chi connectivity index (χ0n) is 10.9. The Morgan fingerprint density at radius 2 is 1.84 bits per heavy atom.